The lowest BCUT2D eigenvalue weighted by atomic mass is 9.54. The number of rotatable bonds is 5. The quantitative estimate of drug-likeness (QED) is 0.369. The molecule has 7 unspecified atom stereocenters. The summed E-state index contributed by atoms with van der Waals surface area (Å²) in [5.41, 5.74) is 2.00. The second kappa shape index (κ2) is 10.5. The topological polar surface area (TPSA) is 52.6 Å². The van der Waals surface area contributed by atoms with Crippen LogP contribution in [0.2, 0.25) is 0 Å². The van der Waals surface area contributed by atoms with Gasteiger partial charge in [-0.1, -0.05) is 38.8 Å². The van der Waals surface area contributed by atoms with Gasteiger partial charge in [0, 0.05) is 13.3 Å². The Morgan fingerprint density at radius 2 is 1.97 bits per heavy atom. The first kappa shape index (κ1) is 24.3. The summed E-state index contributed by atoms with van der Waals surface area (Å²) in [6.45, 7) is 8.78. The van der Waals surface area contributed by atoms with Crippen LogP contribution in [0.15, 0.2) is 11.6 Å². The van der Waals surface area contributed by atoms with Crippen molar-refractivity contribution >= 4 is 11.9 Å². The highest BCUT2D eigenvalue weighted by Crippen LogP contribution is 2.57. The number of esters is 2. The third-order valence-corrected chi connectivity index (χ3v) is 9.02. The summed E-state index contributed by atoms with van der Waals surface area (Å²) in [5.74, 6) is 3.01. The Morgan fingerprint density at radius 3 is 2.68 bits per heavy atom. The number of allylic oxidation sites excluding steroid dienone is 2. The van der Waals surface area contributed by atoms with Gasteiger partial charge < -0.3 is 9.47 Å². The average molecular weight is 433 g/mol. The van der Waals surface area contributed by atoms with Crippen LogP contribution >= 0.6 is 0 Å². The molecule has 0 radical (unpaired) electrons. The summed E-state index contributed by atoms with van der Waals surface area (Å²) >= 11 is 0. The minimum atomic E-state index is -0.134. The first-order valence-electron chi connectivity index (χ1n) is 12.7. The molecule has 0 heterocycles. The van der Waals surface area contributed by atoms with E-state index in [2.05, 4.69) is 26.8 Å². The Morgan fingerprint density at radius 1 is 1.19 bits per heavy atom. The van der Waals surface area contributed by atoms with Crippen LogP contribution in [-0.4, -0.2) is 25.2 Å². The van der Waals surface area contributed by atoms with Gasteiger partial charge in [0.05, 0.1) is 7.11 Å². The van der Waals surface area contributed by atoms with E-state index in [-0.39, 0.29) is 23.5 Å². The lowest BCUT2D eigenvalue weighted by molar-refractivity contribution is -0.150. The molecule has 0 aromatic heterocycles. The molecule has 31 heavy (non-hydrogen) atoms. The highest BCUT2D eigenvalue weighted by molar-refractivity contribution is 5.69. The second-order valence-corrected chi connectivity index (χ2v) is 11.0. The molecule has 0 N–H and O–H groups in total. The highest BCUT2D eigenvalue weighted by Gasteiger charge is 2.48. The van der Waals surface area contributed by atoms with Gasteiger partial charge in [-0.15, -0.1) is 0 Å². The molecule has 3 aliphatic carbocycles. The van der Waals surface area contributed by atoms with Crippen molar-refractivity contribution in [3.05, 3.63) is 11.6 Å². The molecule has 0 spiro atoms. The van der Waals surface area contributed by atoms with Crippen LogP contribution in [0.4, 0.5) is 0 Å². The van der Waals surface area contributed by atoms with Crippen LogP contribution in [0, 0.1) is 35.0 Å². The maximum atomic E-state index is 11.6. The van der Waals surface area contributed by atoms with Crippen LogP contribution in [0.3, 0.4) is 0 Å². The fourth-order valence-corrected chi connectivity index (χ4v) is 7.12. The van der Waals surface area contributed by atoms with E-state index in [0.717, 1.165) is 38.0 Å². The number of ether oxygens (including phenoxy) is 2. The summed E-state index contributed by atoms with van der Waals surface area (Å²) in [5, 5.41) is 0. The number of fused-ring (bicyclic) bond motifs is 3. The molecule has 3 rings (SSSR count). The Kier molecular flexibility index (Phi) is 8.26. The van der Waals surface area contributed by atoms with Crippen LogP contribution < -0.4 is 0 Å². The van der Waals surface area contributed by atoms with Gasteiger partial charge in [-0.3, -0.25) is 9.59 Å². The Bertz CT molecular complexity index is 668. The maximum Gasteiger partial charge on any atom is 0.305 e. The van der Waals surface area contributed by atoms with E-state index in [9.17, 15) is 9.59 Å². The van der Waals surface area contributed by atoms with Crippen LogP contribution in [0.1, 0.15) is 98.3 Å². The molecule has 7 atom stereocenters. The van der Waals surface area contributed by atoms with E-state index < -0.39 is 0 Å². The largest absolute Gasteiger partial charge is 0.469 e. The summed E-state index contributed by atoms with van der Waals surface area (Å²) in [4.78, 5) is 23.1. The summed E-state index contributed by atoms with van der Waals surface area (Å²) in [6, 6.07) is 0. The smallest absolute Gasteiger partial charge is 0.305 e. The second-order valence-electron chi connectivity index (χ2n) is 11.0. The van der Waals surface area contributed by atoms with E-state index in [1.54, 1.807) is 5.57 Å². The molecule has 0 bridgehead atoms. The Balaban J connectivity index is 1.71. The molecule has 176 valence electrons. The van der Waals surface area contributed by atoms with Crippen LogP contribution in [-0.2, 0) is 19.1 Å². The molecule has 0 aromatic rings. The van der Waals surface area contributed by atoms with Gasteiger partial charge in [0.25, 0.3) is 0 Å². The van der Waals surface area contributed by atoms with E-state index >= 15 is 0 Å². The number of hydrogen-bond acceptors (Lipinski definition) is 4. The molecule has 4 heteroatoms. The lowest BCUT2D eigenvalue weighted by Gasteiger charge is -2.52. The van der Waals surface area contributed by atoms with E-state index in [0.29, 0.717) is 30.1 Å². The Labute approximate surface area is 189 Å². The molecular formula is C27H44O4. The summed E-state index contributed by atoms with van der Waals surface area (Å²) < 4.78 is 10.5. The molecule has 2 saturated carbocycles. The van der Waals surface area contributed by atoms with Crippen molar-refractivity contribution in [2.45, 2.75) is 104 Å². The van der Waals surface area contributed by atoms with Crippen molar-refractivity contribution in [2.24, 2.45) is 35.0 Å². The molecular weight excluding hydrogens is 388 g/mol. The number of hydrogen-bond donors (Lipinski definition) is 0. The van der Waals surface area contributed by atoms with E-state index in [1.165, 1.54) is 46.1 Å². The zero-order chi connectivity index (χ0) is 22.6. The molecule has 0 aromatic carbocycles. The minimum Gasteiger partial charge on any atom is -0.469 e. The minimum absolute atomic E-state index is 0.0842. The number of methoxy groups -OCH3 is 1. The van der Waals surface area contributed by atoms with Crippen molar-refractivity contribution in [3.63, 3.8) is 0 Å². The van der Waals surface area contributed by atoms with Crippen molar-refractivity contribution in [3.8, 4) is 0 Å². The maximum absolute atomic E-state index is 11.6. The van der Waals surface area contributed by atoms with Gasteiger partial charge in [0.1, 0.15) is 6.10 Å². The van der Waals surface area contributed by atoms with E-state index in [1.807, 2.05) is 0 Å². The van der Waals surface area contributed by atoms with E-state index in [4.69, 9.17) is 9.47 Å². The van der Waals surface area contributed by atoms with Crippen LogP contribution in [0.25, 0.3) is 0 Å². The molecule has 0 saturated heterocycles. The normalized spacial score (nSPS) is 37.1. The van der Waals surface area contributed by atoms with Crippen molar-refractivity contribution in [2.75, 3.05) is 7.11 Å². The average Bonchev–Trinajstić information content (AvgIpc) is 2.81. The zero-order valence-electron chi connectivity index (χ0n) is 20.5. The Hall–Kier alpha value is -1.32. The molecule has 0 aliphatic heterocycles. The predicted octanol–water partition coefficient (Wildman–Crippen LogP) is 6.48. The summed E-state index contributed by atoms with van der Waals surface area (Å²) in [7, 11) is 1.48. The monoisotopic (exact) mass is 432 g/mol. The zero-order valence-corrected chi connectivity index (χ0v) is 20.5. The number of carbonyl (C=O) groups excluding carboxylic acids is 2. The third-order valence-electron chi connectivity index (χ3n) is 9.02. The van der Waals surface area contributed by atoms with Gasteiger partial charge in [-0.05, 0) is 92.8 Å². The number of carbonyl (C=O) groups is 2. The lowest BCUT2D eigenvalue weighted by Crippen LogP contribution is -2.44. The SMILES string of the molecule is COC(=O)CCC(C)C1CCCC2CCC3CC(OC(C)=O)CCC3(C)C2=CCC1C. The highest BCUT2D eigenvalue weighted by atomic mass is 16.5. The van der Waals surface area contributed by atoms with Gasteiger partial charge in [0.15, 0.2) is 0 Å². The van der Waals surface area contributed by atoms with Crippen LogP contribution in [0.5, 0.6) is 0 Å². The van der Waals surface area contributed by atoms with Crippen molar-refractivity contribution in [1.82, 2.24) is 0 Å². The predicted molar refractivity (Wildman–Crippen MR) is 123 cm³/mol. The van der Waals surface area contributed by atoms with Crippen molar-refractivity contribution in [1.29, 1.82) is 0 Å². The fraction of sp³-hybridized carbons (Fsp3) is 0.852. The standard InChI is InChI=1S/C27H44O4/c1-18-9-13-25-21(7-6-8-24(18)19(2)10-14-26(29)30-5)11-12-22-17-23(31-20(3)28)15-16-27(22,25)4/h13,18-19,21-24H,6-12,14-17H2,1-5H3. The van der Waals surface area contributed by atoms with Gasteiger partial charge in [-0.25, -0.2) is 0 Å². The first-order chi connectivity index (χ1) is 14.7. The van der Waals surface area contributed by atoms with Gasteiger partial charge >= 0.3 is 11.9 Å². The van der Waals surface area contributed by atoms with Gasteiger partial charge in [-0.2, -0.15) is 0 Å². The molecule has 0 amide bonds. The fourth-order valence-electron chi connectivity index (χ4n) is 7.12. The summed E-state index contributed by atoms with van der Waals surface area (Å²) in [6.07, 6.45) is 14.9. The first-order valence-corrected chi connectivity index (χ1v) is 12.7. The van der Waals surface area contributed by atoms with Gasteiger partial charge in [0.2, 0.25) is 0 Å². The molecule has 3 aliphatic rings. The molecule has 2 fully saturated rings. The van der Waals surface area contributed by atoms with Crippen molar-refractivity contribution < 1.29 is 19.1 Å². The molecule has 4 nitrogen and oxygen atoms in total. The third kappa shape index (κ3) is 5.73.